The highest BCUT2D eigenvalue weighted by atomic mass is 16.5. The largest absolute Gasteiger partial charge is 0.362 e. The Bertz CT molecular complexity index is 726. The maximum Gasteiger partial charge on any atom is 0.275 e. The molecule has 2 heterocycles. The van der Waals surface area contributed by atoms with Gasteiger partial charge in [-0.2, -0.15) is 5.10 Å². The number of para-hydroxylation sites is 1. The van der Waals surface area contributed by atoms with E-state index in [2.05, 4.69) is 15.5 Å². The van der Waals surface area contributed by atoms with Crippen LogP contribution in [0, 0.1) is 0 Å². The van der Waals surface area contributed by atoms with Gasteiger partial charge in [-0.3, -0.25) is 14.7 Å². The number of aromatic nitrogens is 2. The van der Waals surface area contributed by atoms with Crippen molar-refractivity contribution in [1.82, 2.24) is 20.4 Å². The number of carbonyl (C=O) groups excluding carboxylic acids is 2. The number of aromatic amines is 1. The van der Waals surface area contributed by atoms with Gasteiger partial charge in [0.25, 0.3) is 11.8 Å². The molecule has 1 aromatic carbocycles. The fraction of sp³-hybridized carbons (Fsp3) is 0.400. The van der Waals surface area contributed by atoms with Gasteiger partial charge in [-0.25, -0.2) is 0 Å². The lowest BCUT2D eigenvalue weighted by molar-refractivity contribution is -0.153. The van der Waals surface area contributed by atoms with E-state index in [-0.39, 0.29) is 18.4 Å². The lowest BCUT2D eigenvalue weighted by atomic mass is 10.0. The minimum atomic E-state index is -1.03. The Kier molecular flexibility index (Phi) is 3.58. The number of rotatable bonds is 2. The van der Waals surface area contributed by atoms with Crippen molar-refractivity contribution in [2.75, 3.05) is 26.7 Å². The summed E-state index contributed by atoms with van der Waals surface area (Å²) in [5, 5.41) is 10.3. The minimum absolute atomic E-state index is 0.198. The maximum absolute atomic E-state index is 12.7. The van der Waals surface area contributed by atoms with Crippen LogP contribution in [0.4, 0.5) is 0 Å². The second kappa shape index (κ2) is 5.42. The number of hydrogen-bond acceptors (Lipinski definition) is 4. The fourth-order valence-corrected chi connectivity index (χ4v) is 2.72. The summed E-state index contributed by atoms with van der Waals surface area (Å²) in [6, 6.07) is 7.46. The first-order valence-corrected chi connectivity index (χ1v) is 7.14. The SMILES string of the molecule is CNC(=O)[C@]1(C)CN(C(=O)c2n[nH]c3ccccc23)CCO1. The smallest absolute Gasteiger partial charge is 0.275 e. The number of ether oxygens (including phenoxy) is 1. The van der Waals surface area contributed by atoms with E-state index in [1.165, 1.54) is 0 Å². The van der Waals surface area contributed by atoms with Gasteiger partial charge >= 0.3 is 0 Å². The van der Waals surface area contributed by atoms with Crippen LogP contribution in [0.1, 0.15) is 17.4 Å². The van der Waals surface area contributed by atoms with Crippen LogP contribution in [-0.2, 0) is 9.53 Å². The van der Waals surface area contributed by atoms with E-state index in [1.807, 2.05) is 24.3 Å². The van der Waals surface area contributed by atoms with Gasteiger partial charge in [0.2, 0.25) is 0 Å². The molecule has 1 fully saturated rings. The topological polar surface area (TPSA) is 87.3 Å². The third-order valence-electron chi connectivity index (χ3n) is 3.94. The first-order valence-electron chi connectivity index (χ1n) is 7.14. The number of hydrogen-bond donors (Lipinski definition) is 2. The lowest BCUT2D eigenvalue weighted by Gasteiger charge is -2.38. The molecule has 1 aliphatic heterocycles. The number of nitrogens with one attached hydrogen (secondary N) is 2. The van der Waals surface area contributed by atoms with Crippen LogP contribution in [-0.4, -0.2) is 59.3 Å². The van der Waals surface area contributed by atoms with Gasteiger partial charge in [0.05, 0.1) is 18.7 Å². The highest BCUT2D eigenvalue weighted by Gasteiger charge is 2.40. The van der Waals surface area contributed by atoms with Crippen molar-refractivity contribution in [3.63, 3.8) is 0 Å². The van der Waals surface area contributed by atoms with Crippen LogP contribution in [0.25, 0.3) is 10.9 Å². The predicted molar refractivity (Wildman–Crippen MR) is 80.4 cm³/mol. The van der Waals surface area contributed by atoms with Crippen molar-refractivity contribution in [1.29, 1.82) is 0 Å². The molecule has 0 saturated carbocycles. The number of carbonyl (C=O) groups is 2. The molecule has 7 heteroatoms. The van der Waals surface area contributed by atoms with E-state index in [1.54, 1.807) is 18.9 Å². The Morgan fingerprint density at radius 1 is 1.41 bits per heavy atom. The quantitative estimate of drug-likeness (QED) is 0.847. The van der Waals surface area contributed by atoms with Crippen molar-refractivity contribution in [3.05, 3.63) is 30.0 Å². The number of benzene rings is 1. The molecule has 0 spiro atoms. The van der Waals surface area contributed by atoms with Gasteiger partial charge in [-0.1, -0.05) is 18.2 Å². The molecule has 1 aromatic heterocycles. The zero-order valence-electron chi connectivity index (χ0n) is 12.5. The molecule has 2 N–H and O–H groups in total. The van der Waals surface area contributed by atoms with Crippen molar-refractivity contribution < 1.29 is 14.3 Å². The molecular weight excluding hydrogens is 284 g/mol. The number of amides is 2. The molecule has 0 unspecified atom stereocenters. The lowest BCUT2D eigenvalue weighted by Crippen LogP contribution is -2.58. The summed E-state index contributed by atoms with van der Waals surface area (Å²) in [7, 11) is 1.55. The standard InChI is InChI=1S/C15H18N4O3/c1-15(14(21)16-2)9-19(7-8-22-15)13(20)12-10-5-3-4-6-11(10)17-18-12/h3-6H,7-9H2,1-2H3,(H,16,21)(H,17,18)/t15-/m0/s1. The molecule has 1 saturated heterocycles. The number of nitrogens with zero attached hydrogens (tertiary/aromatic N) is 2. The third-order valence-corrected chi connectivity index (χ3v) is 3.94. The van der Waals surface area contributed by atoms with Crippen LogP contribution in [0.5, 0.6) is 0 Å². The normalized spacial score (nSPS) is 21.8. The molecule has 2 aromatic rings. The van der Waals surface area contributed by atoms with Gasteiger partial charge in [-0.15, -0.1) is 0 Å². The van der Waals surface area contributed by atoms with Crippen molar-refractivity contribution >= 4 is 22.7 Å². The summed E-state index contributed by atoms with van der Waals surface area (Å²) in [5.74, 6) is -0.437. The van der Waals surface area contributed by atoms with E-state index < -0.39 is 5.60 Å². The number of H-pyrrole nitrogens is 1. The first-order chi connectivity index (χ1) is 10.5. The average molecular weight is 302 g/mol. The maximum atomic E-state index is 12.7. The van der Waals surface area contributed by atoms with E-state index >= 15 is 0 Å². The minimum Gasteiger partial charge on any atom is -0.362 e. The van der Waals surface area contributed by atoms with E-state index in [4.69, 9.17) is 4.74 Å². The zero-order valence-corrected chi connectivity index (χ0v) is 12.5. The fourth-order valence-electron chi connectivity index (χ4n) is 2.72. The first kappa shape index (κ1) is 14.5. The van der Waals surface area contributed by atoms with Gasteiger partial charge in [0.15, 0.2) is 11.3 Å². The van der Waals surface area contributed by atoms with E-state index in [9.17, 15) is 9.59 Å². The highest BCUT2D eigenvalue weighted by Crippen LogP contribution is 2.22. The summed E-state index contributed by atoms with van der Waals surface area (Å²) >= 11 is 0. The highest BCUT2D eigenvalue weighted by molar-refractivity contribution is 6.04. The third kappa shape index (κ3) is 2.33. The molecular formula is C15H18N4O3. The van der Waals surface area contributed by atoms with Gasteiger partial charge in [0, 0.05) is 19.0 Å². The monoisotopic (exact) mass is 302 g/mol. The number of likely N-dealkylation sites (N-methyl/N-ethyl adjacent to an activating group) is 1. The molecule has 116 valence electrons. The molecule has 3 rings (SSSR count). The van der Waals surface area contributed by atoms with Gasteiger partial charge in [-0.05, 0) is 13.0 Å². The molecule has 1 atom stereocenters. The molecule has 0 bridgehead atoms. The zero-order chi connectivity index (χ0) is 15.7. The average Bonchev–Trinajstić information content (AvgIpc) is 2.97. The molecule has 7 nitrogen and oxygen atoms in total. The predicted octanol–water partition coefficient (Wildman–Crippen LogP) is 0.540. The van der Waals surface area contributed by atoms with Crippen molar-refractivity contribution in [2.24, 2.45) is 0 Å². The van der Waals surface area contributed by atoms with Crippen LogP contribution >= 0.6 is 0 Å². The second-order valence-corrected chi connectivity index (χ2v) is 5.50. The Morgan fingerprint density at radius 3 is 2.95 bits per heavy atom. The second-order valence-electron chi connectivity index (χ2n) is 5.50. The molecule has 22 heavy (non-hydrogen) atoms. The van der Waals surface area contributed by atoms with Gasteiger partial charge in [0.1, 0.15) is 0 Å². The van der Waals surface area contributed by atoms with Gasteiger partial charge < -0.3 is 15.0 Å². The summed E-state index contributed by atoms with van der Waals surface area (Å²) in [6.07, 6.45) is 0. The van der Waals surface area contributed by atoms with Crippen LogP contribution in [0.15, 0.2) is 24.3 Å². The van der Waals surface area contributed by atoms with Crippen molar-refractivity contribution in [2.45, 2.75) is 12.5 Å². The summed E-state index contributed by atoms with van der Waals surface area (Å²) in [5.41, 5.74) is 0.152. The molecule has 0 aliphatic carbocycles. The Balaban J connectivity index is 1.87. The molecule has 0 radical (unpaired) electrons. The molecule has 1 aliphatic rings. The van der Waals surface area contributed by atoms with Crippen LogP contribution < -0.4 is 5.32 Å². The Morgan fingerprint density at radius 2 is 2.18 bits per heavy atom. The molecule has 2 amide bonds. The summed E-state index contributed by atoms with van der Waals surface area (Å²) in [4.78, 5) is 26.3. The van der Waals surface area contributed by atoms with Crippen LogP contribution in [0.3, 0.4) is 0 Å². The number of fused-ring (bicyclic) bond motifs is 1. The summed E-state index contributed by atoms with van der Waals surface area (Å²) in [6.45, 7) is 2.64. The van der Waals surface area contributed by atoms with Crippen molar-refractivity contribution in [3.8, 4) is 0 Å². The van der Waals surface area contributed by atoms with E-state index in [0.717, 1.165) is 10.9 Å². The van der Waals surface area contributed by atoms with E-state index in [0.29, 0.717) is 18.8 Å². The Labute approximate surface area is 127 Å². The van der Waals surface area contributed by atoms with Crippen LogP contribution in [0.2, 0.25) is 0 Å². The Hall–Kier alpha value is -2.41. The number of morpholine rings is 1. The summed E-state index contributed by atoms with van der Waals surface area (Å²) < 4.78 is 5.57.